The fourth-order valence-electron chi connectivity index (χ4n) is 1.59. The maximum Gasteiger partial charge on any atom is 0.147 e. The first kappa shape index (κ1) is 12.2. The first-order chi connectivity index (χ1) is 8.31. The Bertz CT molecular complexity index is 473. The number of aromatic nitrogens is 2. The lowest BCUT2D eigenvalue weighted by Gasteiger charge is -2.11. The second-order valence-corrected chi connectivity index (χ2v) is 4.70. The summed E-state index contributed by atoms with van der Waals surface area (Å²) in [6.07, 6.45) is 2.43. The standard InChI is InChI=1S/C11H16N4OS/c1-16-6-8(12)2-4-13-11-10-9(3-5-17-10)14-7-15-11/h3,5,7-8H,2,4,6,12H2,1H3,(H,13,14,15). The molecule has 0 aromatic carbocycles. The molecule has 3 N–H and O–H groups in total. The zero-order valence-electron chi connectivity index (χ0n) is 9.72. The summed E-state index contributed by atoms with van der Waals surface area (Å²) in [5.41, 5.74) is 6.83. The largest absolute Gasteiger partial charge is 0.383 e. The molecule has 0 fully saturated rings. The van der Waals surface area contributed by atoms with Crippen LogP contribution in [0.3, 0.4) is 0 Å². The van der Waals surface area contributed by atoms with Crippen molar-refractivity contribution in [1.82, 2.24) is 9.97 Å². The summed E-state index contributed by atoms with van der Waals surface area (Å²) in [5.74, 6) is 0.884. The van der Waals surface area contributed by atoms with Crippen LogP contribution in [-0.2, 0) is 4.74 Å². The highest BCUT2D eigenvalue weighted by atomic mass is 32.1. The third-order valence-corrected chi connectivity index (χ3v) is 3.34. The third-order valence-electron chi connectivity index (χ3n) is 2.43. The molecule has 0 amide bonds. The summed E-state index contributed by atoms with van der Waals surface area (Å²) in [4.78, 5) is 8.43. The average Bonchev–Trinajstić information content (AvgIpc) is 2.78. The number of nitrogens with zero attached hydrogens (tertiary/aromatic N) is 2. The van der Waals surface area contributed by atoms with Crippen molar-refractivity contribution in [2.24, 2.45) is 5.73 Å². The Morgan fingerprint density at radius 2 is 2.41 bits per heavy atom. The molecule has 0 radical (unpaired) electrons. The molecule has 0 saturated heterocycles. The van der Waals surface area contributed by atoms with E-state index in [1.807, 2.05) is 11.4 Å². The lowest BCUT2D eigenvalue weighted by Crippen LogP contribution is -2.28. The van der Waals surface area contributed by atoms with Crippen LogP contribution in [0.1, 0.15) is 6.42 Å². The van der Waals surface area contributed by atoms with Crippen molar-refractivity contribution >= 4 is 27.4 Å². The van der Waals surface area contributed by atoms with E-state index in [9.17, 15) is 0 Å². The van der Waals surface area contributed by atoms with E-state index in [-0.39, 0.29) is 6.04 Å². The molecule has 0 aliphatic heterocycles. The van der Waals surface area contributed by atoms with Crippen LogP contribution in [0.4, 0.5) is 5.82 Å². The highest BCUT2D eigenvalue weighted by Gasteiger charge is 2.05. The van der Waals surface area contributed by atoms with Gasteiger partial charge < -0.3 is 15.8 Å². The molecule has 5 nitrogen and oxygen atoms in total. The zero-order valence-corrected chi connectivity index (χ0v) is 10.5. The minimum absolute atomic E-state index is 0.0631. The molecule has 0 saturated carbocycles. The average molecular weight is 252 g/mol. The number of hydrogen-bond donors (Lipinski definition) is 2. The topological polar surface area (TPSA) is 73.1 Å². The van der Waals surface area contributed by atoms with Crippen molar-refractivity contribution in [2.45, 2.75) is 12.5 Å². The summed E-state index contributed by atoms with van der Waals surface area (Å²) in [6.45, 7) is 1.37. The van der Waals surface area contributed by atoms with Gasteiger partial charge in [0.25, 0.3) is 0 Å². The molecular weight excluding hydrogens is 236 g/mol. The van der Waals surface area contributed by atoms with E-state index in [0.29, 0.717) is 6.61 Å². The van der Waals surface area contributed by atoms with E-state index < -0.39 is 0 Å². The van der Waals surface area contributed by atoms with Gasteiger partial charge in [-0.05, 0) is 17.9 Å². The van der Waals surface area contributed by atoms with Crippen LogP contribution in [0.25, 0.3) is 10.2 Å². The molecule has 92 valence electrons. The fraction of sp³-hybridized carbons (Fsp3) is 0.455. The minimum Gasteiger partial charge on any atom is -0.383 e. The van der Waals surface area contributed by atoms with Gasteiger partial charge >= 0.3 is 0 Å². The van der Waals surface area contributed by atoms with Crippen LogP contribution in [0.5, 0.6) is 0 Å². The van der Waals surface area contributed by atoms with Gasteiger partial charge in [-0.3, -0.25) is 0 Å². The van der Waals surface area contributed by atoms with E-state index in [2.05, 4.69) is 15.3 Å². The van der Waals surface area contributed by atoms with E-state index in [1.165, 1.54) is 0 Å². The van der Waals surface area contributed by atoms with E-state index in [1.54, 1.807) is 24.8 Å². The SMILES string of the molecule is COCC(N)CCNc1ncnc2ccsc12. The number of hydrogen-bond acceptors (Lipinski definition) is 6. The van der Waals surface area contributed by atoms with Crippen LogP contribution in [0, 0.1) is 0 Å². The maximum absolute atomic E-state index is 5.85. The van der Waals surface area contributed by atoms with Gasteiger partial charge in [0.2, 0.25) is 0 Å². The first-order valence-electron chi connectivity index (χ1n) is 5.48. The lowest BCUT2D eigenvalue weighted by molar-refractivity contribution is 0.178. The van der Waals surface area contributed by atoms with E-state index >= 15 is 0 Å². The molecule has 2 rings (SSSR count). The molecule has 0 aliphatic rings. The predicted molar refractivity (Wildman–Crippen MR) is 70.4 cm³/mol. The predicted octanol–water partition coefficient (Wildman–Crippen LogP) is 1.47. The summed E-state index contributed by atoms with van der Waals surface area (Å²) < 4.78 is 6.08. The number of nitrogens with two attached hydrogens (primary N) is 1. The molecule has 6 heteroatoms. The number of nitrogens with one attached hydrogen (secondary N) is 1. The summed E-state index contributed by atoms with van der Waals surface area (Å²) in [6, 6.07) is 2.05. The smallest absolute Gasteiger partial charge is 0.147 e. The van der Waals surface area contributed by atoms with Crippen LogP contribution in [0.2, 0.25) is 0 Å². The Morgan fingerprint density at radius 3 is 3.24 bits per heavy atom. The minimum atomic E-state index is 0.0631. The second kappa shape index (κ2) is 5.90. The van der Waals surface area contributed by atoms with Crippen LogP contribution in [0.15, 0.2) is 17.8 Å². The number of ether oxygens (including phenoxy) is 1. The maximum atomic E-state index is 5.85. The number of fused-ring (bicyclic) bond motifs is 1. The molecule has 0 bridgehead atoms. The number of thiophene rings is 1. The molecule has 2 aromatic heterocycles. The van der Waals surface area contributed by atoms with Crippen molar-refractivity contribution in [1.29, 1.82) is 0 Å². The van der Waals surface area contributed by atoms with Gasteiger partial charge in [0, 0.05) is 19.7 Å². The van der Waals surface area contributed by atoms with Crippen molar-refractivity contribution in [3.63, 3.8) is 0 Å². The van der Waals surface area contributed by atoms with Crippen LogP contribution >= 0.6 is 11.3 Å². The van der Waals surface area contributed by atoms with E-state index in [0.717, 1.165) is 29.0 Å². The van der Waals surface area contributed by atoms with Gasteiger partial charge in [-0.15, -0.1) is 11.3 Å². The Balaban J connectivity index is 1.92. The van der Waals surface area contributed by atoms with Crippen LogP contribution in [-0.4, -0.2) is 36.3 Å². The van der Waals surface area contributed by atoms with Gasteiger partial charge in [0.1, 0.15) is 12.1 Å². The molecule has 2 heterocycles. The molecule has 1 unspecified atom stereocenters. The van der Waals surface area contributed by atoms with Crippen molar-refractivity contribution in [3.8, 4) is 0 Å². The molecule has 0 aliphatic carbocycles. The van der Waals surface area contributed by atoms with Gasteiger partial charge in [0.05, 0.1) is 16.8 Å². The van der Waals surface area contributed by atoms with Gasteiger partial charge in [0.15, 0.2) is 0 Å². The highest BCUT2D eigenvalue weighted by molar-refractivity contribution is 7.17. The van der Waals surface area contributed by atoms with Crippen LogP contribution < -0.4 is 11.1 Å². The summed E-state index contributed by atoms with van der Waals surface area (Å²) >= 11 is 1.64. The van der Waals surface area contributed by atoms with E-state index in [4.69, 9.17) is 10.5 Å². The molecule has 1 atom stereocenters. The molecule has 0 spiro atoms. The van der Waals surface area contributed by atoms with Crippen molar-refractivity contribution in [2.75, 3.05) is 25.6 Å². The Hall–Kier alpha value is -1.24. The van der Waals surface area contributed by atoms with Crippen molar-refractivity contribution < 1.29 is 4.74 Å². The monoisotopic (exact) mass is 252 g/mol. The zero-order chi connectivity index (χ0) is 12.1. The summed E-state index contributed by atoms with van der Waals surface area (Å²) in [7, 11) is 1.66. The normalized spacial score (nSPS) is 12.8. The molecule has 17 heavy (non-hydrogen) atoms. The first-order valence-corrected chi connectivity index (χ1v) is 6.36. The Labute approximate surface area is 104 Å². The lowest BCUT2D eigenvalue weighted by atomic mass is 10.2. The second-order valence-electron chi connectivity index (χ2n) is 3.79. The third kappa shape index (κ3) is 3.12. The highest BCUT2D eigenvalue weighted by Crippen LogP contribution is 2.24. The van der Waals surface area contributed by atoms with Gasteiger partial charge in [-0.1, -0.05) is 0 Å². The molecular formula is C11H16N4OS. The van der Waals surface area contributed by atoms with Crippen molar-refractivity contribution in [3.05, 3.63) is 17.8 Å². The number of anilines is 1. The fourth-order valence-corrected chi connectivity index (χ4v) is 2.40. The molecule has 2 aromatic rings. The van der Waals surface area contributed by atoms with Gasteiger partial charge in [-0.2, -0.15) is 0 Å². The summed E-state index contributed by atoms with van der Waals surface area (Å²) in [5, 5.41) is 5.30. The number of methoxy groups -OCH3 is 1. The Kier molecular flexibility index (Phi) is 4.24. The quantitative estimate of drug-likeness (QED) is 0.814. The Morgan fingerprint density at radius 1 is 1.53 bits per heavy atom. The van der Waals surface area contributed by atoms with Gasteiger partial charge in [-0.25, -0.2) is 9.97 Å². The number of rotatable bonds is 6.